The van der Waals surface area contributed by atoms with Crippen molar-refractivity contribution in [3.63, 3.8) is 0 Å². The van der Waals surface area contributed by atoms with E-state index in [0.717, 1.165) is 6.42 Å². The zero-order chi connectivity index (χ0) is 13.9. The average Bonchev–Trinajstić information content (AvgIpc) is 2.69. The summed E-state index contributed by atoms with van der Waals surface area (Å²) in [5.74, 6) is 1.27. The second-order valence-electron chi connectivity index (χ2n) is 8.15. The van der Waals surface area contributed by atoms with Crippen LogP contribution in [0.25, 0.3) is 0 Å². The number of ether oxygens (including phenoxy) is 1. The maximum Gasteiger partial charge on any atom is 0.306 e. The standard InChI is InChI=1S/C17H28O2/c1-12-6-7-13-15(2,3)9-5-10-16(13,4)17(12)11-8-14(18)19-17/h12-13H,5-11H2,1-4H3/t12-,13?,16+,17-/m1/s1. The molecule has 0 N–H and O–H groups in total. The Hall–Kier alpha value is -0.530. The second kappa shape index (κ2) is 3.99. The molecule has 2 nitrogen and oxygen atoms in total. The first-order chi connectivity index (χ1) is 8.82. The van der Waals surface area contributed by atoms with Gasteiger partial charge in [0.2, 0.25) is 0 Å². The Bertz CT molecular complexity index is 400. The number of rotatable bonds is 0. The quantitative estimate of drug-likeness (QED) is 0.609. The molecule has 108 valence electrons. The van der Waals surface area contributed by atoms with E-state index < -0.39 is 0 Å². The van der Waals surface area contributed by atoms with E-state index in [1.807, 2.05) is 0 Å². The Morgan fingerprint density at radius 2 is 1.84 bits per heavy atom. The van der Waals surface area contributed by atoms with Crippen LogP contribution in [0.5, 0.6) is 0 Å². The van der Waals surface area contributed by atoms with Gasteiger partial charge in [-0.15, -0.1) is 0 Å². The monoisotopic (exact) mass is 264 g/mol. The smallest absolute Gasteiger partial charge is 0.306 e. The number of hydrogen-bond acceptors (Lipinski definition) is 2. The van der Waals surface area contributed by atoms with Gasteiger partial charge >= 0.3 is 5.97 Å². The lowest BCUT2D eigenvalue weighted by Gasteiger charge is -2.62. The normalized spacial score (nSPS) is 48.9. The Morgan fingerprint density at radius 1 is 1.11 bits per heavy atom. The maximum atomic E-state index is 11.8. The molecule has 1 aliphatic heterocycles. The van der Waals surface area contributed by atoms with Crippen LogP contribution in [-0.2, 0) is 9.53 Å². The number of esters is 1. The SMILES string of the molecule is C[C@@H]1CCC2C(C)(C)CCC[C@]2(C)[C@@]12CCC(=O)O2. The molecule has 2 saturated carbocycles. The Kier molecular flexibility index (Phi) is 2.82. The van der Waals surface area contributed by atoms with Crippen molar-refractivity contribution in [3.8, 4) is 0 Å². The largest absolute Gasteiger partial charge is 0.458 e. The van der Waals surface area contributed by atoms with Gasteiger partial charge in [0.05, 0.1) is 0 Å². The summed E-state index contributed by atoms with van der Waals surface area (Å²) in [7, 11) is 0. The molecular weight excluding hydrogens is 236 g/mol. The fourth-order valence-corrected chi connectivity index (χ4v) is 5.89. The maximum absolute atomic E-state index is 11.8. The van der Waals surface area contributed by atoms with E-state index in [1.165, 1.54) is 32.1 Å². The van der Waals surface area contributed by atoms with Gasteiger partial charge in [0, 0.05) is 11.8 Å². The highest BCUT2D eigenvalue weighted by molar-refractivity contribution is 5.72. The molecular formula is C17H28O2. The van der Waals surface area contributed by atoms with Crippen LogP contribution in [0.4, 0.5) is 0 Å². The molecule has 3 rings (SSSR count). The van der Waals surface area contributed by atoms with Crippen LogP contribution in [0.2, 0.25) is 0 Å². The van der Waals surface area contributed by atoms with Gasteiger partial charge in [0.15, 0.2) is 0 Å². The zero-order valence-corrected chi connectivity index (χ0v) is 12.9. The van der Waals surface area contributed by atoms with Gasteiger partial charge < -0.3 is 4.74 Å². The van der Waals surface area contributed by atoms with Crippen molar-refractivity contribution >= 4 is 5.97 Å². The molecule has 1 unspecified atom stereocenters. The lowest BCUT2D eigenvalue weighted by molar-refractivity contribution is -0.215. The molecule has 1 spiro atoms. The van der Waals surface area contributed by atoms with E-state index in [0.29, 0.717) is 23.7 Å². The van der Waals surface area contributed by atoms with E-state index in [-0.39, 0.29) is 17.0 Å². The second-order valence-corrected chi connectivity index (χ2v) is 8.15. The average molecular weight is 264 g/mol. The molecule has 1 saturated heterocycles. The highest BCUT2D eigenvalue weighted by Gasteiger charge is 2.65. The molecule has 4 atom stereocenters. The minimum atomic E-state index is -0.162. The van der Waals surface area contributed by atoms with Crippen molar-refractivity contribution < 1.29 is 9.53 Å². The number of carbonyl (C=O) groups excluding carboxylic acids is 1. The molecule has 0 radical (unpaired) electrons. The molecule has 0 bridgehead atoms. The number of carbonyl (C=O) groups is 1. The third kappa shape index (κ3) is 1.64. The highest BCUT2D eigenvalue weighted by Crippen LogP contribution is 2.65. The van der Waals surface area contributed by atoms with Crippen LogP contribution in [0.15, 0.2) is 0 Å². The topological polar surface area (TPSA) is 26.3 Å². The summed E-state index contributed by atoms with van der Waals surface area (Å²) < 4.78 is 6.03. The summed E-state index contributed by atoms with van der Waals surface area (Å²) in [6.07, 6.45) is 7.96. The Morgan fingerprint density at radius 3 is 2.47 bits per heavy atom. The van der Waals surface area contributed by atoms with Crippen LogP contribution >= 0.6 is 0 Å². The van der Waals surface area contributed by atoms with Gasteiger partial charge in [-0.05, 0) is 49.4 Å². The first-order valence-electron chi connectivity index (χ1n) is 8.04. The van der Waals surface area contributed by atoms with Gasteiger partial charge in [0.1, 0.15) is 5.60 Å². The lowest BCUT2D eigenvalue weighted by Crippen LogP contribution is -2.62. The van der Waals surface area contributed by atoms with Crippen molar-refractivity contribution in [1.29, 1.82) is 0 Å². The third-order valence-electron chi connectivity index (χ3n) is 6.88. The zero-order valence-electron chi connectivity index (χ0n) is 12.9. The molecule has 0 aromatic rings. The molecule has 1 heterocycles. The van der Waals surface area contributed by atoms with E-state index in [9.17, 15) is 4.79 Å². The van der Waals surface area contributed by atoms with Crippen molar-refractivity contribution in [2.24, 2.45) is 22.7 Å². The molecule has 0 amide bonds. The van der Waals surface area contributed by atoms with Gasteiger partial charge in [-0.3, -0.25) is 4.79 Å². The fourth-order valence-electron chi connectivity index (χ4n) is 5.89. The van der Waals surface area contributed by atoms with Crippen molar-refractivity contribution in [1.82, 2.24) is 0 Å². The summed E-state index contributed by atoms with van der Waals surface area (Å²) in [6, 6.07) is 0. The van der Waals surface area contributed by atoms with Crippen LogP contribution in [0.1, 0.15) is 72.6 Å². The van der Waals surface area contributed by atoms with Crippen LogP contribution in [0, 0.1) is 22.7 Å². The van der Waals surface area contributed by atoms with Gasteiger partial charge in [-0.2, -0.15) is 0 Å². The van der Waals surface area contributed by atoms with Crippen molar-refractivity contribution in [2.75, 3.05) is 0 Å². The molecule has 3 aliphatic rings. The first-order valence-corrected chi connectivity index (χ1v) is 8.04. The van der Waals surface area contributed by atoms with Crippen LogP contribution < -0.4 is 0 Å². The summed E-state index contributed by atoms with van der Waals surface area (Å²) in [6.45, 7) is 9.58. The van der Waals surface area contributed by atoms with E-state index >= 15 is 0 Å². The van der Waals surface area contributed by atoms with Crippen LogP contribution in [0.3, 0.4) is 0 Å². The summed E-state index contributed by atoms with van der Waals surface area (Å²) in [4.78, 5) is 11.8. The fraction of sp³-hybridized carbons (Fsp3) is 0.941. The molecule has 0 aromatic carbocycles. The predicted molar refractivity (Wildman–Crippen MR) is 75.7 cm³/mol. The summed E-state index contributed by atoms with van der Waals surface area (Å²) in [5, 5.41) is 0. The highest BCUT2D eigenvalue weighted by atomic mass is 16.6. The number of fused-ring (bicyclic) bond motifs is 2. The van der Waals surface area contributed by atoms with E-state index in [4.69, 9.17) is 4.74 Å². The minimum Gasteiger partial charge on any atom is -0.458 e. The van der Waals surface area contributed by atoms with Gasteiger partial charge in [0.25, 0.3) is 0 Å². The lowest BCUT2D eigenvalue weighted by atomic mass is 9.44. The third-order valence-corrected chi connectivity index (χ3v) is 6.88. The van der Waals surface area contributed by atoms with Crippen molar-refractivity contribution in [3.05, 3.63) is 0 Å². The molecule has 2 aliphatic carbocycles. The first kappa shape index (κ1) is 13.5. The van der Waals surface area contributed by atoms with Crippen LogP contribution in [-0.4, -0.2) is 11.6 Å². The minimum absolute atomic E-state index is 0.0390. The Labute approximate surface area is 117 Å². The van der Waals surface area contributed by atoms with E-state index in [2.05, 4.69) is 27.7 Å². The number of hydrogen-bond donors (Lipinski definition) is 0. The summed E-state index contributed by atoms with van der Waals surface area (Å²) in [5.41, 5.74) is 0.429. The molecule has 2 heteroatoms. The molecule has 3 fully saturated rings. The molecule has 19 heavy (non-hydrogen) atoms. The Balaban J connectivity index is 2.05. The van der Waals surface area contributed by atoms with E-state index in [1.54, 1.807) is 0 Å². The van der Waals surface area contributed by atoms with Crippen molar-refractivity contribution in [2.45, 2.75) is 78.2 Å². The van der Waals surface area contributed by atoms with Gasteiger partial charge in [-0.25, -0.2) is 0 Å². The predicted octanol–water partition coefficient (Wildman–Crippen LogP) is 4.32. The summed E-state index contributed by atoms with van der Waals surface area (Å²) >= 11 is 0. The molecule has 0 aromatic heterocycles. The van der Waals surface area contributed by atoms with Gasteiger partial charge in [-0.1, -0.05) is 34.1 Å².